The lowest BCUT2D eigenvalue weighted by Crippen LogP contribution is -2.12. The third-order valence-corrected chi connectivity index (χ3v) is 4.32. The van der Waals surface area contributed by atoms with Crippen LogP contribution in [0.5, 0.6) is 11.5 Å². The summed E-state index contributed by atoms with van der Waals surface area (Å²) in [4.78, 5) is 16.4. The molecule has 0 fully saturated rings. The van der Waals surface area contributed by atoms with E-state index in [9.17, 15) is 13.6 Å². The van der Waals surface area contributed by atoms with E-state index in [2.05, 4.69) is 15.0 Å². The summed E-state index contributed by atoms with van der Waals surface area (Å²) >= 11 is 7.36. The van der Waals surface area contributed by atoms with Crippen LogP contribution in [-0.4, -0.2) is 17.5 Å². The average Bonchev–Trinajstić information content (AvgIpc) is 3.16. The maximum Gasteiger partial charge on any atom is 0.387 e. The van der Waals surface area contributed by atoms with Gasteiger partial charge in [-0.2, -0.15) is 8.78 Å². The van der Waals surface area contributed by atoms with Crippen LogP contribution in [0, 0.1) is 0 Å². The third-order valence-electron chi connectivity index (χ3n) is 3.39. The monoisotopic (exact) mass is 410 g/mol. The lowest BCUT2D eigenvalue weighted by molar-refractivity contribution is -0.0497. The van der Waals surface area contributed by atoms with Gasteiger partial charge in [0.2, 0.25) is 0 Å². The number of nitrogens with one attached hydrogen (secondary N) is 1. The molecular weight excluding hydrogens is 398 g/mol. The zero-order valence-corrected chi connectivity index (χ0v) is 15.3. The van der Waals surface area contributed by atoms with Crippen LogP contribution in [0.2, 0.25) is 5.02 Å². The van der Waals surface area contributed by atoms with Gasteiger partial charge in [-0.05, 0) is 42.5 Å². The zero-order valence-electron chi connectivity index (χ0n) is 13.7. The smallest absolute Gasteiger partial charge is 0.387 e. The predicted molar refractivity (Wildman–Crippen MR) is 98.9 cm³/mol. The second-order valence-corrected chi connectivity index (χ2v) is 6.40. The number of alkyl halides is 2. The molecule has 0 aliphatic rings. The minimum atomic E-state index is -2.97. The van der Waals surface area contributed by atoms with Crippen molar-refractivity contribution in [3.05, 3.63) is 69.6 Å². The van der Waals surface area contributed by atoms with E-state index in [1.54, 1.807) is 29.8 Å². The number of hydrogen-bond acceptors (Lipinski definition) is 5. The van der Waals surface area contributed by atoms with Crippen molar-refractivity contribution in [2.75, 3.05) is 5.32 Å². The van der Waals surface area contributed by atoms with Gasteiger partial charge < -0.3 is 14.8 Å². The molecule has 3 rings (SSSR count). The Hall–Kier alpha value is -2.71. The summed E-state index contributed by atoms with van der Waals surface area (Å²) in [5.41, 5.74) is 3.32. The number of anilines is 1. The minimum Gasteiger partial charge on any atom is -0.487 e. The molecule has 2 aromatic carbocycles. The SMILES string of the molecule is O=C(Nc1ccc(OC(F)F)c(Cl)c1)c1ccc(OCc2cscn2)cc1. The Kier molecular flexibility index (Phi) is 6.20. The lowest BCUT2D eigenvalue weighted by atomic mass is 10.2. The summed E-state index contributed by atoms with van der Waals surface area (Å²) < 4.78 is 34.3. The van der Waals surface area contributed by atoms with Crippen molar-refractivity contribution in [2.24, 2.45) is 0 Å². The predicted octanol–water partition coefficient (Wildman–Crippen LogP) is 5.23. The summed E-state index contributed by atoms with van der Waals surface area (Å²) in [6, 6.07) is 10.6. The fourth-order valence-corrected chi connectivity index (χ4v) is 2.91. The zero-order chi connectivity index (χ0) is 19.2. The fourth-order valence-electron chi connectivity index (χ4n) is 2.14. The first-order valence-electron chi connectivity index (χ1n) is 7.67. The quantitative estimate of drug-likeness (QED) is 0.579. The van der Waals surface area contributed by atoms with Gasteiger partial charge in [0, 0.05) is 16.6 Å². The summed E-state index contributed by atoms with van der Waals surface area (Å²) in [6.45, 7) is -2.63. The molecule has 0 saturated heterocycles. The molecule has 0 aliphatic carbocycles. The number of amides is 1. The van der Waals surface area contributed by atoms with Gasteiger partial charge in [-0.3, -0.25) is 4.79 Å². The van der Waals surface area contributed by atoms with Crippen LogP contribution in [0.3, 0.4) is 0 Å². The van der Waals surface area contributed by atoms with Crippen LogP contribution in [-0.2, 0) is 6.61 Å². The third kappa shape index (κ3) is 5.38. The molecule has 0 atom stereocenters. The molecule has 9 heteroatoms. The molecule has 0 unspecified atom stereocenters. The molecule has 5 nitrogen and oxygen atoms in total. The molecule has 1 aromatic heterocycles. The molecule has 140 valence electrons. The number of ether oxygens (including phenoxy) is 2. The van der Waals surface area contributed by atoms with E-state index in [0.717, 1.165) is 5.69 Å². The molecule has 1 N–H and O–H groups in total. The van der Waals surface area contributed by atoms with Gasteiger partial charge in [0.05, 0.1) is 16.2 Å². The number of halogens is 3. The van der Waals surface area contributed by atoms with Crippen molar-refractivity contribution in [3.63, 3.8) is 0 Å². The fraction of sp³-hybridized carbons (Fsp3) is 0.111. The van der Waals surface area contributed by atoms with E-state index in [4.69, 9.17) is 16.3 Å². The normalized spacial score (nSPS) is 10.7. The molecule has 0 radical (unpaired) electrons. The number of hydrogen-bond donors (Lipinski definition) is 1. The highest BCUT2D eigenvalue weighted by molar-refractivity contribution is 7.07. The molecule has 1 amide bonds. The first kappa shape index (κ1) is 19.1. The summed E-state index contributed by atoms with van der Waals surface area (Å²) in [7, 11) is 0. The van der Waals surface area contributed by atoms with Crippen molar-refractivity contribution in [1.82, 2.24) is 4.98 Å². The molecule has 1 heterocycles. The van der Waals surface area contributed by atoms with Crippen molar-refractivity contribution < 1.29 is 23.0 Å². The van der Waals surface area contributed by atoms with Crippen LogP contribution in [0.25, 0.3) is 0 Å². The Morgan fingerprint density at radius 2 is 2.00 bits per heavy atom. The van der Waals surface area contributed by atoms with Crippen molar-refractivity contribution in [1.29, 1.82) is 0 Å². The Morgan fingerprint density at radius 1 is 1.22 bits per heavy atom. The van der Waals surface area contributed by atoms with Gasteiger partial charge in [-0.15, -0.1) is 11.3 Å². The minimum absolute atomic E-state index is 0.0288. The molecule has 3 aromatic rings. The van der Waals surface area contributed by atoms with Crippen LogP contribution in [0.15, 0.2) is 53.4 Å². The Balaban J connectivity index is 1.59. The van der Waals surface area contributed by atoms with E-state index >= 15 is 0 Å². The maximum atomic E-state index is 12.3. The van der Waals surface area contributed by atoms with Gasteiger partial charge in [0.1, 0.15) is 18.1 Å². The first-order chi connectivity index (χ1) is 13.0. The first-order valence-corrected chi connectivity index (χ1v) is 8.99. The Labute approximate surface area is 162 Å². The second kappa shape index (κ2) is 8.79. The summed E-state index contributed by atoms with van der Waals surface area (Å²) in [5.74, 6) is 0.0713. The van der Waals surface area contributed by atoms with Gasteiger partial charge >= 0.3 is 6.61 Å². The summed E-state index contributed by atoms with van der Waals surface area (Å²) in [6.07, 6.45) is 0. The molecule has 0 spiro atoms. The number of carbonyl (C=O) groups is 1. The van der Waals surface area contributed by atoms with Crippen molar-refractivity contribution in [3.8, 4) is 11.5 Å². The molecule has 0 aliphatic heterocycles. The van der Waals surface area contributed by atoms with E-state index in [1.807, 2.05) is 5.38 Å². The van der Waals surface area contributed by atoms with Crippen molar-refractivity contribution in [2.45, 2.75) is 13.2 Å². The summed E-state index contributed by atoms with van der Waals surface area (Å²) in [5, 5.41) is 4.50. The highest BCUT2D eigenvalue weighted by atomic mass is 35.5. The van der Waals surface area contributed by atoms with Gasteiger partial charge in [-0.25, -0.2) is 4.98 Å². The van der Waals surface area contributed by atoms with E-state index < -0.39 is 6.61 Å². The highest BCUT2D eigenvalue weighted by Gasteiger charge is 2.11. The van der Waals surface area contributed by atoms with Gasteiger partial charge in [0.15, 0.2) is 0 Å². The van der Waals surface area contributed by atoms with E-state index in [1.165, 1.54) is 29.5 Å². The molecular formula is C18H13ClF2N2O3S. The van der Waals surface area contributed by atoms with Crippen molar-refractivity contribution >= 4 is 34.5 Å². The van der Waals surface area contributed by atoms with E-state index in [0.29, 0.717) is 23.6 Å². The molecule has 0 bridgehead atoms. The number of benzene rings is 2. The Bertz CT molecular complexity index is 905. The number of rotatable bonds is 7. The van der Waals surface area contributed by atoms with Crippen LogP contribution in [0.4, 0.5) is 14.5 Å². The number of nitrogens with zero attached hydrogens (tertiary/aromatic N) is 1. The van der Waals surface area contributed by atoms with Gasteiger partial charge in [-0.1, -0.05) is 11.6 Å². The number of carbonyl (C=O) groups excluding carboxylic acids is 1. The topological polar surface area (TPSA) is 60.5 Å². The van der Waals surface area contributed by atoms with Crippen LogP contribution >= 0.6 is 22.9 Å². The largest absolute Gasteiger partial charge is 0.487 e. The van der Waals surface area contributed by atoms with Crippen LogP contribution in [0.1, 0.15) is 16.1 Å². The highest BCUT2D eigenvalue weighted by Crippen LogP contribution is 2.29. The number of aromatic nitrogens is 1. The number of thiazole rings is 1. The lowest BCUT2D eigenvalue weighted by Gasteiger charge is -2.10. The second-order valence-electron chi connectivity index (χ2n) is 5.27. The van der Waals surface area contributed by atoms with E-state index in [-0.39, 0.29) is 16.7 Å². The average molecular weight is 411 g/mol. The maximum absolute atomic E-state index is 12.3. The molecule has 27 heavy (non-hydrogen) atoms. The standard InChI is InChI=1S/C18H13ClF2N2O3S/c19-15-7-12(3-6-16(15)26-18(20)21)23-17(24)11-1-4-14(5-2-11)25-8-13-9-27-10-22-13/h1-7,9-10,18H,8H2,(H,23,24). The molecule has 0 saturated carbocycles. The van der Waals surface area contributed by atoms with Gasteiger partial charge in [0.25, 0.3) is 5.91 Å². The van der Waals surface area contributed by atoms with Crippen LogP contribution < -0.4 is 14.8 Å². The Morgan fingerprint density at radius 3 is 2.63 bits per heavy atom.